The number of hydrogen-bond donors (Lipinski definition) is 1. The predicted octanol–water partition coefficient (Wildman–Crippen LogP) is 2.80. The lowest BCUT2D eigenvalue weighted by molar-refractivity contribution is 0.0994. The van der Waals surface area contributed by atoms with Gasteiger partial charge >= 0.3 is 0 Å². The Balaban J connectivity index is 2.05. The Morgan fingerprint density at radius 2 is 2.05 bits per heavy atom. The van der Waals surface area contributed by atoms with Crippen LogP contribution in [0.5, 0.6) is 0 Å². The molecule has 2 N–H and O–H groups in total. The monoisotopic (exact) mass is 295 g/mol. The largest absolute Gasteiger partial charge is 0.364 e. The molecular formula is C16H13N3OS. The minimum absolute atomic E-state index is 0.396. The number of nitrogens with zero attached hydrogens (tertiary/aromatic N) is 2. The first-order valence-corrected chi connectivity index (χ1v) is 7.67. The Kier molecular flexibility index (Phi) is 2.68. The molecule has 0 saturated heterocycles. The van der Waals surface area contributed by atoms with Gasteiger partial charge in [-0.1, -0.05) is 24.3 Å². The molecule has 5 heteroatoms. The Morgan fingerprint density at radius 1 is 1.19 bits per heavy atom. The molecule has 2 aromatic heterocycles. The molecule has 0 saturated carbocycles. The molecule has 4 nitrogen and oxygen atoms in total. The van der Waals surface area contributed by atoms with E-state index >= 15 is 0 Å². The first-order valence-electron chi connectivity index (χ1n) is 6.79. The summed E-state index contributed by atoms with van der Waals surface area (Å²) in [7, 11) is 0. The van der Waals surface area contributed by atoms with Crippen molar-refractivity contribution in [2.45, 2.75) is 12.8 Å². The molecule has 0 bridgehead atoms. The second-order valence-corrected chi connectivity index (χ2v) is 5.99. The smallest absolute Gasteiger partial charge is 0.269 e. The summed E-state index contributed by atoms with van der Waals surface area (Å²) in [5.41, 5.74) is 10.3. The van der Waals surface area contributed by atoms with E-state index in [1.54, 1.807) is 11.3 Å². The standard InChI is InChI=1S/C16H13N3OS/c17-16(20)14-12-8-7-10-4-1-2-5-11(10)15(12)19(18-14)13-6-3-9-21-13/h1-6,9H,7-8H2,(H2,17,20). The third-order valence-electron chi connectivity index (χ3n) is 3.85. The summed E-state index contributed by atoms with van der Waals surface area (Å²) < 4.78 is 1.86. The number of benzene rings is 1. The van der Waals surface area contributed by atoms with Gasteiger partial charge in [0.15, 0.2) is 5.69 Å². The molecule has 0 spiro atoms. The van der Waals surface area contributed by atoms with E-state index in [1.165, 1.54) is 5.56 Å². The normalized spacial score (nSPS) is 12.8. The highest BCUT2D eigenvalue weighted by Crippen LogP contribution is 2.37. The van der Waals surface area contributed by atoms with Crippen LogP contribution >= 0.6 is 11.3 Å². The zero-order valence-corrected chi connectivity index (χ0v) is 12.1. The summed E-state index contributed by atoms with van der Waals surface area (Å²) in [6.07, 6.45) is 1.72. The average molecular weight is 295 g/mol. The van der Waals surface area contributed by atoms with Gasteiger partial charge < -0.3 is 5.73 Å². The number of rotatable bonds is 2. The molecule has 1 amide bonds. The summed E-state index contributed by atoms with van der Waals surface area (Å²) in [5, 5.41) is 7.48. The Morgan fingerprint density at radius 3 is 2.81 bits per heavy atom. The predicted molar refractivity (Wildman–Crippen MR) is 82.8 cm³/mol. The lowest BCUT2D eigenvalue weighted by Gasteiger charge is -2.17. The van der Waals surface area contributed by atoms with Gasteiger partial charge in [-0.05, 0) is 35.9 Å². The lowest BCUT2D eigenvalue weighted by atomic mass is 9.89. The van der Waals surface area contributed by atoms with Crippen LogP contribution in [0.1, 0.15) is 21.6 Å². The second kappa shape index (κ2) is 4.56. The van der Waals surface area contributed by atoms with E-state index in [1.807, 2.05) is 34.3 Å². The van der Waals surface area contributed by atoms with Gasteiger partial charge in [-0.2, -0.15) is 5.10 Å². The number of carbonyl (C=O) groups is 1. The van der Waals surface area contributed by atoms with E-state index in [-0.39, 0.29) is 0 Å². The van der Waals surface area contributed by atoms with Gasteiger partial charge in [0.05, 0.1) is 5.69 Å². The third kappa shape index (κ3) is 1.81. The molecule has 3 aromatic rings. The first kappa shape index (κ1) is 12.3. The van der Waals surface area contributed by atoms with E-state index in [0.717, 1.165) is 34.7 Å². The van der Waals surface area contributed by atoms with E-state index < -0.39 is 5.91 Å². The Hall–Kier alpha value is -2.40. The van der Waals surface area contributed by atoms with Crippen molar-refractivity contribution >= 4 is 17.2 Å². The zero-order valence-electron chi connectivity index (χ0n) is 11.2. The number of fused-ring (bicyclic) bond motifs is 3. The molecule has 0 fully saturated rings. The van der Waals surface area contributed by atoms with Gasteiger partial charge in [-0.25, -0.2) is 4.68 Å². The SMILES string of the molecule is NC(=O)c1nn(-c2cccs2)c2c1CCc1ccccc1-2. The second-order valence-electron chi connectivity index (χ2n) is 5.06. The van der Waals surface area contributed by atoms with Crippen molar-refractivity contribution in [2.24, 2.45) is 5.73 Å². The van der Waals surface area contributed by atoms with E-state index in [9.17, 15) is 4.79 Å². The highest BCUT2D eigenvalue weighted by atomic mass is 32.1. The lowest BCUT2D eigenvalue weighted by Crippen LogP contribution is -2.15. The molecule has 104 valence electrons. The topological polar surface area (TPSA) is 60.9 Å². The molecular weight excluding hydrogens is 282 g/mol. The van der Waals surface area contributed by atoms with Crippen LogP contribution in [0.2, 0.25) is 0 Å². The van der Waals surface area contributed by atoms with Crippen molar-refractivity contribution in [3.05, 3.63) is 58.6 Å². The summed E-state index contributed by atoms with van der Waals surface area (Å²) in [5.74, 6) is -0.457. The minimum atomic E-state index is -0.457. The maximum atomic E-state index is 11.7. The maximum absolute atomic E-state index is 11.7. The molecule has 1 aliphatic rings. The van der Waals surface area contributed by atoms with Crippen LogP contribution in [0.15, 0.2) is 41.8 Å². The first-order chi connectivity index (χ1) is 10.3. The zero-order chi connectivity index (χ0) is 14.4. The number of primary amides is 1. The van der Waals surface area contributed by atoms with Crippen LogP contribution in [-0.2, 0) is 12.8 Å². The molecule has 4 rings (SSSR count). The molecule has 0 unspecified atom stereocenters. The van der Waals surface area contributed by atoms with Crippen LogP contribution in [0, 0.1) is 0 Å². The average Bonchev–Trinajstić information content (AvgIpc) is 3.14. The number of carbonyl (C=O) groups excluding carboxylic acids is 1. The summed E-state index contributed by atoms with van der Waals surface area (Å²) >= 11 is 1.60. The van der Waals surface area contributed by atoms with Crippen molar-refractivity contribution in [3.8, 4) is 16.3 Å². The number of amides is 1. The number of thiophene rings is 1. The van der Waals surface area contributed by atoms with Crippen LogP contribution in [0.3, 0.4) is 0 Å². The van der Waals surface area contributed by atoms with Gasteiger partial charge in [0, 0.05) is 11.1 Å². The van der Waals surface area contributed by atoms with Crippen LogP contribution in [0.4, 0.5) is 0 Å². The van der Waals surface area contributed by atoms with Crippen molar-refractivity contribution in [3.63, 3.8) is 0 Å². The van der Waals surface area contributed by atoms with Gasteiger partial charge in [0.25, 0.3) is 5.91 Å². The molecule has 0 aliphatic heterocycles. The van der Waals surface area contributed by atoms with E-state index in [0.29, 0.717) is 5.69 Å². The van der Waals surface area contributed by atoms with E-state index in [4.69, 9.17) is 5.73 Å². The van der Waals surface area contributed by atoms with Crippen LogP contribution in [-0.4, -0.2) is 15.7 Å². The van der Waals surface area contributed by atoms with Crippen molar-refractivity contribution in [2.75, 3.05) is 0 Å². The molecule has 1 aliphatic carbocycles. The fraction of sp³-hybridized carbons (Fsp3) is 0.125. The van der Waals surface area contributed by atoms with E-state index in [2.05, 4.69) is 17.2 Å². The number of nitrogens with two attached hydrogens (primary N) is 1. The number of aromatic nitrogens is 2. The summed E-state index contributed by atoms with van der Waals surface area (Å²) in [6.45, 7) is 0. The van der Waals surface area contributed by atoms with Gasteiger partial charge in [0.1, 0.15) is 5.00 Å². The van der Waals surface area contributed by atoms with Gasteiger partial charge in [-0.3, -0.25) is 4.79 Å². The molecule has 1 aromatic carbocycles. The van der Waals surface area contributed by atoms with Crippen molar-refractivity contribution in [1.82, 2.24) is 9.78 Å². The minimum Gasteiger partial charge on any atom is -0.364 e. The fourth-order valence-corrected chi connectivity index (χ4v) is 3.63. The van der Waals surface area contributed by atoms with Crippen molar-refractivity contribution < 1.29 is 4.79 Å². The molecule has 2 heterocycles. The van der Waals surface area contributed by atoms with Crippen molar-refractivity contribution in [1.29, 1.82) is 0 Å². The maximum Gasteiger partial charge on any atom is 0.269 e. The number of hydrogen-bond acceptors (Lipinski definition) is 3. The quantitative estimate of drug-likeness (QED) is 0.790. The molecule has 0 atom stereocenters. The Labute approximate surface area is 125 Å². The number of aryl methyl sites for hydroxylation is 1. The van der Waals surface area contributed by atoms with Crippen LogP contribution < -0.4 is 5.73 Å². The van der Waals surface area contributed by atoms with Gasteiger partial charge in [0.2, 0.25) is 0 Å². The van der Waals surface area contributed by atoms with Crippen LogP contribution in [0.25, 0.3) is 16.3 Å². The third-order valence-corrected chi connectivity index (χ3v) is 4.69. The highest BCUT2D eigenvalue weighted by Gasteiger charge is 2.27. The highest BCUT2D eigenvalue weighted by molar-refractivity contribution is 7.12. The molecule has 0 radical (unpaired) electrons. The molecule has 21 heavy (non-hydrogen) atoms. The summed E-state index contributed by atoms with van der Waals surface area (Å²) in [4.78, 5) is 11.7. The van der Waals surface area contributed by atoms with Gasteiger partial charge in [-0.15, -0.1) is 11.3 Å². The summed E-state index contributed by atoms with van der Waals surface area (Å²) in [6, 6.07) is 12.3. The fourth-order valence-electron chi connectivity index (χ4n) is 2.94. The Bertz CT molecular complexity index is 833.